The van der Waals surface area contributed by atoms with Gasteiger partial charge in [-0.05, 0) is 19.9 Å². The zero-order valence-electron chi connectivity index (χ0n) is 13.3. The molecule has 1 aromatic rings. The number of rotatable bonds is 7. The Morgan fingerprint density at radius 1 is 1.52 bits per heavy atom. The van der Waals surface area contributed by atoms with Crippen molar-refractivity contribution in [1.82, 2.24) is 14.5 Å². The predicted octanol–water partition coefficient (Wildman–Crippen LogP) is 2.45. The van der Waals surface area contributed by atoms with Crippen LogP contribution in [-0.4, -0.2) is 50.9 Å². The van der Waals surface area contributed by atoms with Gasteiger partial charge in [-0.3, -0.25) is 4.79 Å². The van der Waals surface area contributed by atoms with Gasteiger partial charge in [-0.1, -0.05) is 32.5 Å². The third-order valence-corrected chi connectivity index (χ3v) is 4.73. The van der Waals surface area contributed by atoms with E-state index >= 15 is 0 Å². The lowest BCUT2D eigenvalue weighted by Crippen LogP contribution is -2.28. The van der Waals surface area contributed by atoms with Crippen LogP contribution in [0.1, 0.15) is 39.3 Å². The van der Waals surface area contributed by atoms with Crippen LogP contribution in [0.2, 0.25) is 0 Å². The molecule has 1 aliphatic rings. The zero-order valence-corrected chi connectivity index (χ0v) is 14.1. The standard InChI is InChI=1S/C15H25N3O2S/c1-15(2,3)12-9-16-14(21-10-13(19)20)18(12)8-7-17(4)11-5-6-11/h9,11H,5-8,10H2,1-4H3,(H,19,20). The maximum absolute atomic E-state index is 10.8. The maximum atomic E-state index is 10.8. The molecule has 0 radical (unpaired) electrons. The maximum Gasteiger partial charge on any atom is 0.313 e. The Kier molecular flexibility index (Phi) is 4.99. The summed E-state index contributed by atoms with van der Waals surface area (Å²) < 4.78 is 2.19. The average molecular weight is 311 g/mol. The minimum Gasteiger partial charge on any atom is -0.481 e. The summed E-state index contributed by atoms with van der Waals surface area (Å²) in [5.74, 6) is -0.749. The molecule has 1 N–H and O–H groups in total. The summed E-state index contributed by atoms with van der Waals surface area (Å²) in [7, 11) is 2.16. The first-order valence-corrected chi connectivity index (χ1v) is 8.38. The third-order valence-electron chi connectivity index (χ3n) is 3.76. The fraction of sp³-hybridized carbons (Fsp3) is 0.733. The molecule has 0 spiro atoms. The highest BCUT2D eigenvalue weighted by molar-refractivity contribution is 7.99. The molecule has 1 aliphatic carbocycles. The van der Waals surface area contributed by atoms with Gasteiger partial charge < -0.3 is 14.6 Å². The van der Waals surface area contributed by atoms with Gasteiger partial charge in [0.05, 0.1) is 5.75 Å². The van der Waals surface area contributed by atoms with Gasteiger partial charge in [-0.15, -0.1) is 0 Å². The highest BCUT2D eigenvalue weighted by Gasteiger charge is 2.27. The van der Waals surface area contributed by atoms with Crippen LogP contribution >= 0.6 is 11.8 Å². The molecule has 0 aromatic carbocycles. The molecular weight excluding hydrogens is 286 g/mol. The number of nitrogens with zero attached hydrogens (tertiary/aromatic N) is 3. The van der Waals surface area contributed by atoms with Crippen LogP contribution in [0.25, 0.3) is 0 Å². The molecule has 0 aliphatic heterocycles. The summed E-state index contributed by atoms with van der Waals surface area (Å²) in [6, 6.07) is 0.738. The second-order valence-corrected chi connectivity index (χ2v) is 7.66. The van der Waals surface area contributed by atoms with Gasteiger partial charge in [0.15, 0.2) is 5.16 Å². The van der Waals surface area contributed by atoms with Crippen molar-refractivity contribution in [3.63, 3.8) is 0 Å². The summed E-state index contributed by atoms with van der Waals surface area (Å²) in [6.45, 7) is 8.33. The molecule has 0 saturated heterocycles. The molecule has 2 rings (SSSR count). The second kappa shape index (κ2) is 6.40. The molecular formula is C15H25N3O2S. The number of thioether (sulfide) groups is 1. The number of hydrogen-bond acceptors (Lipinski definition) is 4. The number of carboxylic acids is 1. The molecule has 1 aromatic heterocycles. The topological polar surface area (TPSA) is 58.4 Å². The van der Waals surface area contributed by atoms with Gasteiger partial charge >= 0.3 is 5.97 Å². The predicted molar refractivity (Wildman–Crippen MR) is 84.9 cm³/mol. The number of carboxylic acid groups (broad SMARTS) is 1. The van der Waals surface area contributed by atoms with Crippen LogP contribution in [0.4, 0.5) is 0 Å². The molecule has 6 heteroatoms. The molecule has 118 valence electrons. The van der Waals surface area contributed by atoms with Crippen LogP contribution < -0.4 is 0 Å². The van der Waals surface area contributed by atoms with E-state index < -0.39 is 5.97 Å². The summed E-state index contributed by atoms with van der Waals surface area (Å²) >= 11 is 1.30. The summed E-state index contributed by atoms with van der Waals surface area (Å²) in [4.78, 5) is 17.6. The quantitative estimate of drug-likeness (QED) is 0.784. The van der Waals surface area contributed by atoms with Crippen LogP contribution in [0.3, 0.4) is 0 Å². The fourth-order valence-corrected chi connectivity index (χ4v) is 3.10. The van der Waals surface area contributed by atoms with Crippen molar-refractivity contribution in [3.05, 3.63) is 11.9 Å². The molecule has 1 heterocycles. The van der Waals surface area contributed by atoms with Gasteiger partial charge in [0.1, 0.15) is 0 Å². The molecule has 0 amide bonds. The van der Waals surface area contributed by atoms with Crippen molar-refractivity contribution < 1.29 is 9.90 Å². The number of likely N-dealkylation sites (N-methyl/N-ethyl adjacent to an activating group) is 1. The normalized spacial score (nSPS) is 15.7. The summed E-state index contributed by atoms with van der Waals surface area (Å²) in [5, 5.41) is 9.68. The first kappa shape index (κ1) is 16.4. The van der Waals surface area contributed by atoms with Crippen molar-refractivity contribution in [1.29, 1.82) is 0 Å². The largest absolute Gasteiger partial charge is 0.481 e. The minimum atomic E-state index is -0.804. The number of hydrogen-bond donors (Lipinski definition) is 1. The fourth-order valence-electron chi connectivity index (χ4n) is 2.37. The lowest BCUT2D eigenvalue weighted by Gasteiger charge is -2.24. The van der Waals surface area contributed by atoms with Gasteiger partial charge in [0, 0.05) is 36.4 Å². The number of aliphatic carboxylic acids is 1. The van der Waals surface area contributed by atoms with Crippen LogP contribution in [0.15, 0.2) is 11.4 Å². The zero-order chi connectivity index (χ0) is 15.6. The number of aromatic nitrogens is 2. The van der Waals surface area contributed by atoms with Crippen molar-refractivity contribution in [2.24, 2.45) is 0 Å². The third kappa shape index (κ3) is 4.48. The molecule has 0 atom stereocenters. The first-order valence-electron chi connectivity index (χ1n) is 7.40. The Morgan fingerprint density at radius 3 is 2.71 bits per heavy atom. The average Bonchev–Trinajstić information content (AvgIpc) is 3.13. The van der Waals surface area contributed by atoms with Crippen molar-refractivity contribution >= 4 is 17.7 Å². The number of carbonyl (C=O) groups is 1. The lowest BCUT2D eigenvalue weighted by atomic mass is 9.92. The van der Waals surface area contributed by atoms with E-state index in [4.69, 9.17) is 5.11 Å². The Balaban J connectivity index is 2.12. The minimum absolute atomic E-state index is 0.00713. The SMILES string of the molecule is CN(CCn1c(C(C)(C)C)cnc1SCC(=O)O)C1CC1. The molecule has 0 unspecified atom stereocenters. The first-order chi connectivity index (χ1) is 9.79. The van der Waals surface area contributed by atoms with E-state index in [1.165, 1.54) is 30.3 Å². The van der Waals surface area contributed by atoms with Gasteiger partial charge in [0.2, 0.25) is 0 Å². The Hall–Kier alpha value is -1.01. The van der Waals surface area contributed by atoms with E-state index in [-0.39, 0.29) is 11.2 Å². The number of imidazole rings is 1. The smallest absolute Gasteiger partial charge is 0.313 e. The Morgan fingerprint density at radius 2 is 2.19 bits per heavy atom. The van der Waals surface area contributed by atoms with Gasteiger partial charge in [-0.2, -0.15) is 0 Å². The van der Waals surface area contributed by atoms with E-state index in [1.54, 1.807) is 0 Å². The van der Waals surface area contributed by atoms with E-state index in [0.717, 1.165) is 24.3 Å². The van der Waals surface area contributed by atoms with Crippen LogP contribution in [0, 0.1) is 0 Å². The second-order valence-electron chi connectivity index (χ2n) is 6.72. The molecule has 5 nitrogen and oxygen atoms in total. The van der Waals surface area contributed by atoms with Crippen LogP contribution in [-0.2, 0) is 16.8 Å². The highest BCUT2D eigenvalue weighted by atomic mass is 32.2. The van der Waals surface area contributed by atoms with Gasteiger partial charge in [0.25, 0.3) is 0 Å². The summed E-state index contributed by atoms with van der Waals surface area (Å²) in [6.07, 6.45) is 4.49. The van der Waals surface area contributed by atoms with E-state index in [9.17, 15) is 4.79 Å². The lowest BCUT2D eigenvalue weighted by molar-refractivity contribution is -0.133. The molecule has 1 fully saturated rings. The molecule has 21 heavy (non-hydrogen) atoms. The van der Waals surface area contributed by atoms with Gasteiger partial charge in [-0.25, -0.2) is 4.98 Å². The molecule has 1 saturated carbocycles. The van der Waals surface area contributed by atoms with E-state index in [1.807, 2.05) is 6.20 Å². The monoisotopic (exact) mass is 311 g/mol. The molecule has 0 bridgehead atoms. The summed E-state index contributed by atoms with van der Waals surface area (Å²) in [5.41, 5.74) is 1.17. The Labute approximate surface area is 130 Å². The van der Waals surface area contributed by atoms with Crippen LogP contribution in [0.5, 0.6) is 0 Å². The van der Waals surface area contributed by atoms with Crippen molar-refractivity contribution in [3.8, 4) is 0 Å². The van der Waals surface area contributed by atoms with E-state index in [0.29, 0.717) is 0 Å². The Bertz CT molecular complexity index is 504. The van der Waals surface area contributed by atoms with Crippen molar-refractivity contribution in [2.75, 3.05) is 19.3 Å². The highest BCUT2D eigenvalue weighted by Crippen LogP contribution is 2.29. The van der Waals surface area contributed by atoms with E-state index in [2.05, 4.69) is 42.3 Å². The van der Waals surface area contributed by atoms with Crippen molar-refractivity contribution in [2.45, 2.75) is 56.8 Å².